The summed E-state index contributed by atoms with van der Waals surface area (Å²) in [5.74, 6) is -0.524. The number of urea groups is 1. The molecule has 5 nitrogen and oxygen atoms in total. The molecule has 0 spiro atoms. The number of hydrogen-bond donors (Lipinski definition) is 2. The Morgan fingerprint density at radius 1 is 1.11 bits per heavy atom. The number of rotatable bonds is 9. The lowest BCUT2D eigenvalue weighted by Gasteiger charge is -2.22. The van der Waals surface area contributed by atoms with Gasteiger partial charge in [-0.1, -0.05) is 39.5 Å². The molecule has 112 valence electrons. The van der Waals surface area contributed by atoms with Crippen molar-refractivity contribution in [2.24, 2.45) is 0 Å². The fraction of sp³-hybridized carbons (Fsp3) is 0.857. The van der Waals surface area contributed by atoms with E-state index in [0.29, 0.717) is 13.1 Å². The molecule has 1 unspecified atom stereocenters. The Hall–Kier alpha value is -1.10. The van der Waals surface area contributed by atoms with Crippen molar-refractivity contribution in [3.05, 3.63) is 0 Å². The van der Waals surface area contributed by atoms with Gasteiger partial charge in [-0.2, -0.15) is 0 Å². The SMILES string of the molecule is CCCCCNC(=O)N(CCCCC)C(=O)C(C)O. The molecule has 0 aliphatic heterocycles. The number of aliphatic hydroxyl groups is 1. The van der Waals surface area contributed by atoms with Crippen molar-refractivity contribution in [2.45, 2.75) is 65.4 Å². The molecule has 0 radical (unpaired) electrons. The van der Waals surface area contributed by atoms with Crippen molar-refractivity contribution in [1.82, 2.24) is 10.2 Å². The first-order valence-corrected chi connectivity index (χ1v) is 7.31. The molecule has 2 N–H and O–H groups in total. The average molecular weight is 272 g/mol. The highest BCUT2D eigenvalue weighted by Gasteiger charge is 2.23. The van der Waals surface area contributed by atoms with Gasteiger partial charge in [0.2, 0.25) is 0 Å². The van der Waals surface area contributed by atoms with E-state index in [9.17, 15) is 14.7 Å². The van der Waals surface area contributed by atoms with Crippen LogP contribution in [0, 0.1) is 0 Å². The Morgan fingerprint density at radius 3 is 2.21 bits per heavy atom. The highest BCUT2D eigenvalue weighted by Crippen LogP contribution is 2.02. The first-order valence-electron chi connectivity index (χ1n) is 7.31. The third-order valence-corrected chi connectivity index (χ3v) is 2.91. The maximum Gasteiger partial charge on any atom is 0.324 e. The molecule has 0 rings (SSSR count). The standard InChI is InChI=1S/C14H28N2O3/c1-4-6-8-10-15-14(19)16(11-9-7-5-2)13(18)12(3)17/h12,17H,4-11H2,1-3H3,(H,15,19). The van der Waals surface area contributed by atoms with E-state index in [1.165, 1.54) is 6.92 Å². The van der Waals surface area contributed by atoms with Crippen LogP contribution in [0.4, 0.5) is 4.79 Å². The second-order valence-corrected chi connectivity index (χ2v) is 4.81. The minimum atomic E-state index is -1.14. The Balaban J connectivity index is 4.29. The lowest BCUT2D eigenvalue weighted by atomic mass is 10.2. The van der Waals surface area contributed by atoms with Crippen LogP contribution in [0.3, 0.4) is 0 Å². The van der Waals surface area contributed by atoms with Gasteiger partial charge < -0.3 is 10.4 Å². The van der Waals surface area contributed by atoms with Crippen LogP contribution in [-0.2, 0) is 4.79 Å². The Bertz CT molecular complexity index is 267. The summed E-state index contributed by atoms with van der Waals surface area (Å²) in [6.45, 7) is 6.49. The van der Waals surface area contributed by atoms with Crippen LogP contribution in [0.1, 0.15) is 59.3 Å². The predicted octanol–water partition coefficient (Wildman–Crippen LogP) is 2.29. The zero-order valence-corrected chi connectivity index (χ0v) is 12.4. The van der Waals surface area contributed by atoms with Crippen molar-refractivity contribution >= 4 is 11.9 Å². The number of carbonyl (C=O) groups excluding carboxylic acids is 2. The molecule has 0 fully saturated rings. The second-order valence-electron chi connectivity index (χ2n) is 4.81. The normalized spacial score (nSPS) is 12.0. The van der Waals surface area contributed by atoms with Crippen molar-refractivity contribution in [1.29, 1.82) is 0 Å². The molecule has 5 heteroatoms. The van der Waals surface area contributed by atoms with Gasteiger partial charge in [-0.25, -0.2) is 4.79 Å². The minimum Gasteiger partial charge on any atom is -0.384 e. The minimum absolute atomic E-state index is 0.372. The number of imide groups is 1. The summed E-state index contributed by atoms with van der Waals surface area (Å²) in [5, 5.41) is 12.1. The first-order chi connectivity index (χ1) is 9.04. The van der Waals surface area contributed by atoms with E-state index < -0.39 is 18.0 Å². The predicted molar refractivity (Wildman–Crippen MR) is 75.8 cm³/mol. The van der Waals surface area contributed by atoms with E-state index in [1.807, 2.05) is 0 Å². The molecule has 0 aromatic rings. The number of amides is 3. The lowest BCUT2D eigenvalue weighted by Crippen LogP contribution is -2.48. The smallest absolute Gasteiger partial charge is 0.324 e. The highest BCUT2D eigenvalue weighted by atomic mass is 16.3. The van der Waals surface area contributed by atoms with Crippen molar-refractivity contribution in [2.75, 3.05) is 13.1 Å². The van der Waals surface area contributed by atoms with Gasteiger partial charge in [-0.15, -0.1) is 0 Å². The van der Waals surface area contributed by atoms with Gasteiger partial charge in [0.05, 0.1) is 0 Å². The molecular formula is C14H28N2O3. The maximum atomic E-state index is 11.9. The van der Waals surface area contributed by atoms with Crippen LogP contribution in [0.15, 0.2) is 0 Å². The molecule has 3 amide bonds. The quantitative estimate of drug-likeness (QED) is 0.633. The van der Waals surface area contributed by atoms with Gasteiger partial charge in [0, 0.05) is 13.1 Å². The molecule has 0 heterocycles. The summed E-state index contributed by atoms with van der Waals surface area (Å²) in [4.78, 5) is 24.8. The fourth-order valence-corrected chi connectivity index (χ4v) is 1.72. The summed E-state index contributed by atoms with van der Waals surface area (Å²) < 4.78 is 0. The fourth-order valence-electron chi connectivity index (χ4n) is 1.72. The van der Waals surface area contributed by atoms with Crippen molar-refractivity contribution in [3.63, 3.8) is 0 Å². The molecule has 0 saturated heterocycles. The molecule has 0 aromatic carbocycles. The number of nitrogens with zero attached hydrogens (tertiary/aromatic N) is 1. The summed E-state index contributed by atoms with van der Waals surface area (Å²) in [6, 6.07) is -0.391. The topological polar surface area (TPSA) is 69.6 Å². The molecular weight excluding hydrogens is 244 g/mol. The van der Waals surface area contributed by atoms with E-state index in [1.54, 1.807) is 0 Å². The zero-order chi connectivity index (χ0) is 14.7. The average Bonchev–Trinajstić information content (AvgIpc) is 2.38. The molecule has 0 aromatic heterocycles. The molecule has 1 atom stereocenters. The third-order valence-electron chi connectivity index (χ3n) is 2.91. The van der Waals surface area contributed by atoms with E-state index in [2.05, 4.69) is 19.2 Å². The van der Waals surface area contributed by atoms with Gasteiger partial charge in [0.15, 0.2) is 0 Å². The highest BCUT2D eigenvalue weighted by molar-refractivity contribution is 5.96. The van der Waals surface area contributed by atoms with Crippen LogP contribution in [0.25, 0.3) is 0 Å². The van der Waals surface area contributed by atoms with Crippen molar-refractivity contribution in [3.8, 4) is 0 Å². The first kappa shape index (κ1) is 17.9. The third kappa shape index (κ3) is 7.82. The second kappa shape index (κ2) is 10.8. The van der Waals surface area contributed by atoms with Crippen LogP contribution < -0.4 is 5.32 Å². The maximum absolute atomic E-state index is 11.9. The van der Waals surface area contributed by atoms with E-state index in [0.717, 1.165) is 43.4 Å². The molecule has 0 bridgehead atoms. The summed E-state index contributed by atoms with van der Waals surface area (Å²) in [7, 11) is 0. The van der Waals surface area contributed by atoms with E-state index in [-0.39, 0.29) is 0 Å². The zero-order valence-electron chi connectivity index (χ0n) is 12.4. The van der Waals surface area contributed by atoms with Gasteiger partial charge >= 0.3 is 6.03 Å². The van der Waals surface area contributed by atoms with Crippen LogP contribution in [-0.4, -0.2) is 41.1 Å². The monoisotopic (exact) mass is 272 g/mol. The van der Waals surface area contributed by atoms with Gasteiger partial charge in [-0.3, -0.25) is 9.69 Å². The lowest BCUT2D eigenvalue weighted by molar-refractivity contribution is -0.136. The van der Waals surface area contributed by atoms with E-state index >= 15 is 0 Å². The number of hydrogen-bond acceptors (Lipinski definition) is 3. The van der Waals surface area contributed by atoms with Crippen LogP contribution in [0.5, 0.6) is 0 Å². The Morgan fingerprint density at radius 2 is 1.68 bits per heavy atom. The molecule has 19 heavy (non-hydrogen) atoms. The Labute approximate surface area is 116 Å². The largest absolute Gasteiger partial charge is 0.384 e. The number of carbonyl (C=O) groups is 2. The van der Waals surface area contributed by atoms with Gasteiger partial charge in [0.1, 0.15) is 6.10 Å². The van der Waals surface area contributed by atoms with Crippen LogP contribution >= 0.6 is 0 Å². The molecule has 0 aliphatic carbocycles. The summed E-state index contributed by atoms with van der Waals surface area (Å²) in [6.07, 6.45) is 4.68. The van der Waals surface area contributed by atoms with Crippen molar-refractivity contribution < 1.29 is 14.7 Å². The van der Waals surface area contributed by atoms with Gasteiger partial charge in [-0.05, 0) is 19.8 Å². The molecule has 0 saturated carbocycles. The number of unbranched alkanes of at least 4 members (excludes halogenated alkanes) is 4. The summed E-state index contributed by atoms with van der Waals surface area (Å²) >= 11 is 0. The van der Waals surface area contributed by atoms with Gasteiger partial charge in [0.25, 0.3) is 5.91 Å². The summed E-state index contributed by atoms with van der Waals surface area (Å²) in [5.41, 5.74) is 0. The number of aliphatic hydroxyl groups excluding tert-OH is 1. The Kier molecular flexibility index (Phi) is 10.2. The van der Waals surface area contributed by atoms with E-state index in [4.69, 9.17) is 0 Å². The molecule has 0 aliphatic rings. The number of nitrogens with one attached hydrogen (secondary N) is 1. The van der Waals surface area contributed by atoms with Crippen LogP contribution in [0.2, 0.25) is 0 Å².